The lowest BCUT2D eigenvalue weighted by Crippen LogP contribution is -2.51. The summed E-state index contributed by atoms with van der Waals surface area (Å²) in [4.78, 5) is 28.6. The van der Waals surface area contributed by atoms with Crippen molar-refractivity contribution >= 4 is 11.8 Å². The van der Waals surface area contributed by atoms with E-state index in [1.54, 1.807) is 4.90 Å². The molecule has 0 heterocycles. The minimum Gasteiger partial charge on any atom is -0.483 e. The van der Waals surface area contributed by atoms with E-state index in [0.29, 0.717) is 25.3 Å². The van der Waals surface area contributed by atoms with Crippen LogP contribution in [0.15, 0.2) is 72.8 Å². The fraction of sp³-hybridized carbons (Fsp3) is 0.333. The van der Waals surface area contributed by atoms with Crippen LogP contribution in [0.2, 0.25) is 0 Å². The number of rotatable bonds is 11. The maximum Gasteiger partial charge on any atom is 0.261 e. The van der Waals surface area contributed by atoms with Crippen molar-refractivity contribution in [1.29, 1.82) is 0 Å². The van der Waals surface area contributed by atoms with Crippen molar-refractivity contribution in [2.24, 2.45) is 0 Å². The van der Waals surface area contributed by atoms with Gasteiger partial charge in [-0.2, -0.15) is 0 Å². The first-order chi connectivity index (χ1) is 16.9. The lowest BCUT2D eigenvalue weighted by Gasteiger charge is -2.31. The summed E-state index contributed by atoms with van der Waals surface area (Å²) in [5.41, 5.74) is 5.18. The highest BCUT2D eigenvalue weighted by molar-refractivity contribution is 5.88. The lowest BCUT2D eigenvalue weighted by atomic mass is 10.0. The second-order valence-corrected chi connectivity index (χ2v) is 9.00. The summed E-state index contributed by atoms with van der Waals surface area (Å²) in [6.45, 7) is 8.81. The van der Waals surface area contributed by atoms with E-state index in [2.05, 4.69) is 11.4 Å². The lowest BCUT2D eigenvalue weighted by molar-refractivity contribution is -0.142. The van der Waals surface area contributed by atoms with Gasteiger partial charge >= 0.3 is 0 Å². The number of hydrogen-bond donors (Lipinski definition) is 1. The number of carbonyl (C=O) groups is 2. The fourth-order valence-corrected chi connectivity index (χ4v) is 4.07. The van der Waals surface area contributed by atoms with Crippen LogP contribution in [0.4, 0.5) is 0 Å². The summed E-state index contributed by atoms with van der Waals surface area (Å²) in [5, 5.41) is 3.00. The number of carbonyl (C=O) groups excluding carboxylic acids is 2. The first-order valence-electron chi connectivity index (χ1n) is 12.2. The molecule has 0 aromatic heterocycles. The zero-order valence-electron chi connectivity index (χ0n) is 21.2. The molecule has 0 aliphatic rings. The van der Waals surface area contributed by atoms with Crippen molar-refractivity contribution < 1.29 is 14.3 Å². The van der Waals surface area contributed by atoms with Gasteiger partial charge in [0.1, 0.15) is 11.8 Å². The summed E-state index contributed by atoms with van der Waals surface area (Å²) in [5.74, 6) is 0.327. The first kappa shape index (κ1) is 26.0. The third-order valence-electron chi connectivity index (χ3n) is 6.13. The number of nitrogens with zero attached hydrogens (tertiary/aromatic N) is 1. The molecule has 0 aliphatic heterocycles. The molecule has 35 heavy (non-hydrogen) atoms. The van der Waals surface area contributed by atoms with Crippen LogP contribution in [0.5, 0.6) is 5.75 Å². The van der Waals surface area contributed by atoms with Crippen LogP contribution in [0.25, 0.3) is 0 Å². The van der Waals surface area contributed by atoms with Crippen molar-refractivity contribution in [2.75, 3.05) is 13.2 Å². The minimum atomic E-state index is -0.652. The molecule has 0 fully saturated rings. The number of hydrogen-bond acceptors (Lipinski definition) is 3. The van der Waals surface area contributed by atoms with Crippen LogP contribution >= 0.6 is 0 Å². The van der Waals surface area contributed by atoms with Gasteiger partial charge in [-0.15, -0.1) is 0 Å². The molecule has 0 unspecified atom stereocenters. The molecule has 0 aliphatic carbocycles. The molecule has 1 N–H and O–H groups in total. The standard InChI is InChI=1S/C30H36N2O3/c1-5-16-31-30(34)27(19-25-12-8-6-9-13-25)32(20-26-14-10-7-11-15-26)29(33)21-35-28-18-22(2)17-23(3)24(28)4/h6-15,17-18,27H,5,16,19-21H2,1-4H3,(H,31,34)/t27-/m1/s1. The summed E-state index contributed by atoms with van der Waals surface area (Å²) in [6, 6.07) is 23.0. The Bertz CT molecular complexity index is 1110. The molecule has 2 amide bonds. The van der Waals surface area contributed by atoms with Crippen LogP contribution in [0.3, 0.4) is 0 Å². The molecular formula is C30H36N2O3. The molecular weight excluding hydrogens is 436 g/mol. The molecule has 5 heteroatoms. The molecule has 3 aromatic carbocycles. The monoisotopic (exact) mass is 472 g/mol. The van der Waals surface area contributed by atoms with Crippen LogP contribution in [-0.2, 0) is 22.6 Å². The molecule has 0 saturated heterocycles. The quantitative estimate of drug-likeness (QED) is 0.420. The SMILES string of the molecule is CCCNC(=O)[C@@H](Cc1ccccc1)N(Cc1ccccc1)C(=O)COc1cc(C)cc(C)c1C. The van der Waals surface area contributed by atoms with Gasteiger partial charge in [0, 0.05) is 19.5 Å². The smallest absolute Gasteiger partial charge is 0.261 e. The predicted molar refractivity (Wildman–Crippen MR) is 140 cm³/mol. The molecule has 3 aromatic rings. The summed E-state index contributed by atoms with van der Waals surface area (Å²) < 4.78 is 6.02. The van der Waals surface area contributed by atoms with Crippen molar-refractivity contribution in [3.63, 3.8) is 0 Å². The first-order valence-corrected chi connectivity index (χ1v) is 12.2. The zero-order valence-corrected chi connectivity index (χ0v) is 21.2. The molecule has 3 rings (SSSR count). The van der Waals surface area contributed by atoms with Gasteiger partial charge in [-0.05, 0) is 61.1 Å². The van der Waals surface area contributed by atoms with E-state index in [-0.39, 0.29) is 18.4 Å². The van der Waals surface area contributed by atoms with Gasteiger partial charge in [-0.3, -0.25) is 9.59 Å². The van der Waals surface area contributed by atoms with Crippen molar-refractivity contribution in [3.05, 3.63) is 101 Å². The molecule has 0 radical (unpaired) electrons. The fourth-order valence-electron chi connectivity index (χ4n) is 4.07. The zero-order chi connectivity index (χ0) is 25.2. The van der Waals surface area contributed by atoms with Crippen molar-refractivity contribution in [2.45, 2.75) is 53.1 Å². The van der Waals surface area contributed by atoms with Gasteiger partial charge in [0.05, 0.1) is 0 Å². The highest BCUT2D eigenvalue weighted by atomic mass is 16.5. The Hall–Kier alpha value is -3.60. The third kappa shape index (κ3) is 7.44. The van der Waals surface area contributed by atoms with Gasteiger partial charge in [0.15, 0.2) is 6.61 Å². The van der Waals surface area contributed by atoms with Gasteiger partial charge < -0.3 is 15.0 Å². The summed E-state index contributed by atoms with van der Waals surface area (Å²) >= 11 is 0. The Morgan fingerprint density at radius 2 is 1.54 bits per heavy atom. The second kappa shape index (κ2) is 12.7. The third-order valence-corrected chi connectivity index (χ3v) is 6.13. The average Bonchev–Trinajstić information content (AvgIpc) is 2.87. The maximum atomic E-state index is 13.6. The highest BCUT2D eigenvalue weighted by Crippen LogP contribution is 2.24. The molecule has 0 spiro atoms. The van der Waals surface area contributed by atoms with Crippen LogP contribution in [0.1, 0.15) is 41.2 Å². The van der Waals surface area contributed by atoms with E-state index in [9.17, 15) is 9.59 Å². The second-order valence-electron chi connectivity index (χ2n) is 9.00. The molecule has 5 nitrogen and oxygen atoms in total. The van der Waals surface area contributed by atoms with E-state index in [4.69, 9.17) is 4.74 Å². The van der Waals surface area contributed by atoms with Crippen LogP contribution < -0.4 is 10.1 Å². The van der Waals surface area contributed by atoms with Crippen molar-refractivity contribution in [3.8, 4) is 5.75 Å². The van der Waals surface area contributed by atoms with Gasteiger partial charge in [-0.1, -0.05) is 73.7 Å². The van der Waals surface area contributed by atoms with E-state index < -0.39 is 6.04 Å². The number of benzene rings is 3. The van der Waals surface area contributed by atoms with Gasteiger partial charge in [0.2, 0.25) is 5.91 Å². The summed E-state index contributed by atoms with van der Waals surface area (Å²) in [7, 11) is 0. The Morgan fingerprint density at radius 3 is 2.17 bits per heavy atom. The van der Waals surface area contributed by atoms with Gasteiger partial charge in [-0.25, -0.2) is 0 Å². The Kier molecular flexibility index (Phi) is 9.47. The Balaban J connectivity index is 1.90. The molecule has 184 valence electrons. The molecule has 0 saturated carbocycles. The molecule has 0 bridgehead atoms. The largest absolute Gasteiger partial charge is 0.483 e. The normalized spacial score (nSPS) is 11.5. The number of ether oxygens (including phenoxy) is 1. The molecule has 1 atom stereocenters. The number of aryl methyl sites for hydroxylation is 2. The topological polar surface area (TPSA) is 58.6 Å². The van der Waals surface area contributed by atoms with Crippen LogP contribution in [-0.4, -0.2) is 35.9 Å². The van der Waals surface area contributed by atoms with Gasteiger partial charge in [0.25, 0.3) is 5.91 Å². The highest BCUT2D eigenvalue weighted by Gasteiger charge is 2.30. The van der Waals surface area contributed by atoms with E-state index in [0.717, 1.165) is 34.2 Å². The average molecular weight is 473 g/mol. The maximum absolute atomic E-state index is 13.6. The van der Waals surface area contributed by atoms with Crippen molar-refractivity contribution in [1.82, 2.24) is 10.2 Å². The van der Waals surface area contributed by atoms with E-state index >= 15 is 0 Å². The van der Waals surface area contributed by atoms with E-state index in [1.165, 1.54) is 0 Å². The number of amides is 2. The van der Waals surface area contributed by atoms with Crippen LogP contribution in [0, 0.1) is 20.8 Å². The Morgan fingerprint density at radius 1 is 0.914 bits per heavy atom. The predicted octanol–water partition coefficient (Wildman–Crippen LogP) is 5.16. The minimum absolute atomic E-state index is 0.136. The van der Waals surface area contributed by atoms with E-state index in [1.807, 2.05) is 94.4 Å². The number of nitrogens with one attached hydrogen (secondary N) is 1. The summed E-state index contributed by atoms with van der Waals surface area (Å²) in [6.07, 6.45) is 1.25. The Labute approximate surface area is 209 Å².